The Hall–Kier alpha value is -2.01. The number of likely N-dealkylation sites (tertiary alicyclic amines) is 1. The Morgan fingerprint density at radius 3 is 2.78 bits per heavy atom. The molecular weight excluding hydrogens is 312 g/mol. The maximum atomic E-state index is 12.2. The molecule has 2 N–H and O–H groups in total. The summed E-state index contributed by atoms with van der Waals surface area (Å²) in [6.07, 6.45) is 4.47. The van der Waals surface area contributed by atoms with Crippen molar-refractivity contribution < 1.29 is 4.79 Å². The van der Waals surface area contributed by atoms with Crippen LogP contribution in [0.1, 0.15) is 30.0 Å². The molecular formula is C17H21ClN4O. The number of aromatic amines is 1. The second kappa shape index (κ2) is 7.51. The Balaban J connectivity index is 1.42. The largest absolute Gasteiger partial charge is 0.338 e. The third-order valence-corrected chi connectivity index (χ3v) is 4.74. The van der Waals surface area contributed by atoms with E-state index in [0.29, 0.717) is 12.5 Å². The van der Waals surface area contributed by atoms with Crippen LogP contribution in [0.2, 0.25) is 5.02 Å². The molecule has 0 aliphatic carbocycles. The predicted molar refractivity (Wildman–Crippen MR) is 90.7 cm³/mol. The SMILES string of the molecule is O=C(NCCc1ccccc1Cl)N1CCC(c2ccn[nH]2)CC1. The summed E-state index contributed by atoms with van der Waals surface area (Å²) in [4.78, 5) is 14.1. The maximum Gasteiger partial charge on any atom is 0.317 e. The normalized spacial score (nSPS) is 15.6. The average molecular weight is 333 g/mol. The number of halogens is 1. The molecule has 6 heteroatoms. The van der Waals surface area contributed by atoms with Crippen LogP contribution in [-0.4, -0.2) is 40.8 Å². The molecule has 3 rings (SSSR count). The Kier molecular flexibility index (Phi) is 5.18. The van der Waals surface area contributed by atoms with Gasteiger partial charge in [-0.1, -0.05) is 29.8 Å². The topological polar surface area (TPSA) is 61.0 Å². The van der Waals surface area contributed by atoms with Crippen LogP contribution in [0, 0.1) is 0 Å². The van der Waals surface area contributed by atoms with Gasteiger partial charge in [0.2, 0.25) is 0 Å². The second-order valence-electron chi connectivity index (χ2n) is 5.85. The highest BCUT2D eigenvalue weighted by Gasteiger charge is 2.24. The van der Waals surface area contributed by atoms with Gasteiger partial charge >= 0.3 is 6.03 Å². The lowest BCUT2D eigenvalue weighted by Crippen LogP contribution is -2.44. The summed E-state index contributed by atoms with van der Waals surface area (Å²) in [5.74, 6) is 0.477. The van der Waals surface area contributed by atoms with E-state index in [2.05, 4.69) is 15.5 Å². The first-order chi connectivity index (χ1) is 11.2. The Morgan fingerprint density at radius 2 is 2.09 bits per heavy atom. The quantitative estimate of drug-likeness (QED) is 0.903. The van der Waals surface area contributed by atoms with Gasteiger partial charge in [-0.3, -0.25) is 5.10 Å². The molecule has 1 aliphatic heterocycles. The lowest BCUT2D eigenvalue weighted by Gasteiger charge is -2.31. The van der Waals surface area contributed by atoms with Crippen molar-refractivity contribution in [2.24, 2.45) is 0 Å². The molecule has 2 amide bonds. The predicted octanol–water partition coefficient (Wildman–Crippen LogP) is 3.19. The van der Waals surface area contributed by atoms with E-state index in [1.54, 1.807) is 6.20 Å². The van der Waals surface area contributed by atoms with Crippen molar-refractivity contribution in [3.63, 3.8) is 0 Å². The van der Waals surface area contributed by atoms with Crippen LogP contribution in [0.3, 0.4) is 0 Å². The highest BCUT2D eigenvalue weighted by atomic mass is 35.5. The van der Waals surface area contributed by atoms with Crippen molar-refractivity contribution in [2.75, 3.05) is 19.6 Å². The third-order valence-electron chi connectivity index (χ3n) is 4.37. The number of carbonyl (C=O) groups is 1. The van der Waals surface area contributed by atoms with E-state index in [1.807, 2.05) is 35.2 Å². The number of hydrogen-bond donors (Lipinski definition) is 2. The number of rotatable bonds is 4. The fourth-order valence-corrected chi connectivity index (χ4v) is 3.23. The Labute approximate surface area is 141 Å². The summed E-state index contributed by atoms with van der Waals surface area (Å²) >= 11 is 6.12. The van der Waals surface area contributed by atoms with Crippen LogP contribution in [0.4, 0.5) is 4.79 Å². The minimum absolute atomic E-state index is 0.0140. The molecule has 2 heterocycles. The molecule has 1 aromatic heterocycles. The fourth-order valence-electron chi connectivity index (χ4n) is 3.00. The minimum atomic E-state index is 0.0140. The number of amides is 2. The van der Waals surface area contributed by atoms with Gasteiger partial charge in [-0.2, -0.15) is 5.10 Å². The number of hydrogen-bond acceptors (Lipinski definition) is 2. The van der Waals surface area contributed by atoms with E-state index in [0.717, 1.165) is 42.9 Å². The molecule has 2 aromatic rings. The van der Waals surface area contributed by atoms with Crippen molar-refractivity contribution >= 4 is 17.6 Å². The maximum absolute atomic E-state index is 12.2. The third kappa shape index (κ3) is 4.05. The second-order valence-corrected chi connectivity index (χ2v) is 6.25. The minimum Gasteiger partial charge on any atom is -0.338 e. The summed E-state index contributed by atoms with van der Waals surface area (Å²) in [5, 5.41) is 10.8. The molecule has 0 radical (unpaired) electrons. The molecule has 0 saturated carbocycles. The Bertz CT molecular complexity index is 636. The molecule has 1 saturated heterocycles. The summed E-state index contributed by atoms with van der Waals surface area (Å²) in [7, 11) is 0. The van der Waals surface area contributed by atoms with Gasteiger partial charge in [-0.25, -0.2) is 4.79 Å². The summed E-state index contributed by atoms with van der Waals surface area (Å²) < 4.78 is 0. The van der Waals surface area contributed by atoms with Crippen molar-refractivity contribution in [1.82, 2.24) is 20.4 Å². The van der Waals surface area contributed by atoms with Gasteiger partial charge in [0.25, 0.3) is 0 Å². The van der Waals surface area contributed by atoms with Crippen molar-refractivity contribution in [2.45, 2.75) is 25.2 Å². The summed E-state index contributed by atoms with van der Waals surface area (Å²) in [6, 6.07) is 9.77. The first-order valence-electron chi connectivity index (χ1n) is 7.99. The van der Waals surface area contributed by atoms with Gasteiger partial charge in [0.15, 0.2) is 0 Å². The molecule has 5 nitrogen and oxygen atoms in total. The smallest absolute Gasteiger partial charge is 0.317 e. The van der Waals surface area contributed by atoms with Crippen LogP contribution >= 0.6 is 11.6 Å². The standard InChI is InChI=1S/C17H21ClN4O/c18-15-4-2-1-3-13(15)5-9-19-17(23)22-11-7-14(8-12-22)16-6-10-20-21-16/h1-4,6,10,14H,5,7-9,11-12H2,(H,19,23)(H,20,21). The van der Waals surface area contributed by atoms with Crippen LogP contribution in [-0.2, 0) is 6.42 Å². The first kappa shape index (κ1) is 15.9. The number of benzene rings is 1. The van der Waals surface area contributed by atoms with E-state index < -0.39 is 0 Å². The van der Waals surface area contributed by atoms with Gasteiger partial charge < -0.3 is 10.2 Å². The van der Waals surface area contributed by atoms with E-state index in [-0.39, 0.29) is 6.03 Å². The number of nitrogens with zero attached hydrogens (tertiary/aromatic N) is 2. The van der Waals surface area contributed by atoms with Gasteiger partial charge in [-0.05, 0) is 37.0 Å². The molecule has 0 bridgehead atoms. The average Bonchev–Trinajstić information content (AvgIpc) is 3.11. The molecule has 122 valence electrons. The number of piperidine rings is 1. The molecule has 0 atom stereocenters. The molecule has 23 heavy (non-hydrogen) atoms. The number of urea groups is 1. The van der Waals surface area contributed by atoms with E-state index in [4.69, 9.17) is 11.6 Å². The number of H-pyrrole nitrogens is 1. The van der Waals surface area contributed by atoms with Crippen LogP contribution in [0.5, 0.6) is 0 Å². The fraction of sp³-hybridized carbons (Fsp3) is 0.412. The lowest BCUT2D eigenvalue weighted by molar-refractivity contribution is 0.181. The molecule has 0 unspecified atom stereocenters. The van der Waals surface area contributed by atoms with Crippen molar-refractivity contribution in [1.29, 1.82) is 0 Å². The van der Waals surface area contributed by atoms with Crippen LogP contribution in [0.25, 0.3) is 0 Å². The molecule has 1 aromatic carbocycles. The zero-order chi connectivity index (χ0) is 16.1. The Morgan fingerprint density at radius 1 is 1.30 bits per heavy atom. The van der Waals surface area contributed by atoms with Gasteiger partial charge in [0.1, 0.15) is 0 Å². The van der Waals surface area contributed by atoms with Gasteiger partial charge in [0, 0.05) is 42.5 Å². The lowest BCUT2D eigenvalue weighted by atomic mass is 9.94. The van der Waals surface area contributed by atoms with E-state index in [1.165, 1.54) is 5.69 Å². The van der Waals surface area contributed by atoms with Crippen LogP contribution in [0.15, 0.2) is 36.5 Å². The van der Waals surface area contributed by atoms with Crippen LogP contribution < -0.4 is 5.32 Å². The van der Waals surface area contributed by atoms with E-state index >= 15 is 0 Å². The highest BCUT2D eigenvalue weighted by molar-refractivity contribution is 6.31. The van der Waals surface area contributed by atoms with Crippen molar-refractivity contribution in [3.8, 4) is 0 Å². The number of aromatic nitrogens is 2. The molecule has 1 aliphatic rings. The first-order valence-corrected chi connectivity index (χ1v) is 8.37. The zero-order valence-electron chi connectivity index (χ0n) is 13.0. The van der Waals surface area contributed by atoms with E-state index in [9.17, 15) is 4.79 Å². The zero-order valence-corrected chi connectivity index (χ0v) is 13.7. The number of nitrogens with one attached hydrogen (secondary N) is 2. The monoisotopic (exact) mass is 332 g/mol. The molecule has 1 fully saturated rings. The number of carbonyl (C=O) groups excluding carboxylic acids is 1. The summed E-state index contributed by atoms with van der Waals surface area (Å²) in [6.45, 7) is 2.16. The van der Waals surface area contributed by atoms with Gasteiger partial charge in [-0.15, -0.1) is 0 Å². The van der Waals surface area contributed by atoms with Crippen molar-refractivity contribution in [3.05, 3.63) is 52.8 Å². The molecule has 0 spiro atoms. The highest BCUT2D eigenvalue weighted by Crippen LogP contribution is 2.26. The van der Waals surface area contributed by atoms with Gasteiger partial charge in [0.05, 0.1) is 0 Å². The summed E-state index contributed by atoms with van der Waals surface area (Å²) in [5.41, 5.74) is 2.23.